The van der Waals surface area contributed by atoms with E-state index in [1.54, 1.807) is 11.0 Å². The third-order valence-corrected chi connectivity index (χ3v) is 4.44. The number of rotatable bonds is 6. The van der Waals surface area contributed by atoms with Gasteiger partial charge in [0.25, 0.3) is 5.91 Å². The summed E-state index contributed by atoms with van der Waals surface area (Å²) in [6, 6.07) is 10.6. The molecule has 1 fully saturated rings. The molecule has 2 heterocycles. The lowest BCUT2D eigenvalue weighted by Gasteiger charge is -2.16. The summed E-state index contributed by atoms with van der Waals surface area (Å²) in [7, 11) is 0. The van der Waals surface area contributed by atoms with Crippen molar-refractivity contribution in [1.82, 2.24) is 10.6 Å². The van der Waals surface area contributed by atoms with Gasteiger partial charge in [-0.1, -0.05) is 12.1 Å². The van der Waals surface area contributed by atoms with Gasteiger partial charge in [0.2, 0.25) is 11.8 Å². The number of carbonyl (C=O) groups excluding carboxylic acids is 3. The lowest BCUT2D eigenvalue weighted by Crippen LogP contribution is -2.36. The molecule has 3 amide bonds. The quantitative estimate of drug-likeness (QED) is 0.750. The van der Waals surface area contributed by atoms with Crippen molar-refractivity contribution in [2.24, 2.45) is 0 Å². The van der Waals surface area contributed by atoms with Gasteiger partial charge < -0.3 is 20.0 Å². The Kier molecular flexibility index (Phi) is 5.72. The van der Waals surface area contributed by atoms with Crippen LogP contribution in [0.1, 0.15) is 29.0 Å². The predicted octanol–water partition coefficient (Wildman–Crippen LogP) is 2.22. The van der Waals surface area contributed by atoms with Crippen molar-refractivity contribution in [1.29, 1.82) is 0 Å². The van der Waals surface area contributed by atoms with Crippen LogP contribution in [0.5, 0.6) is 0 Å². The number of anilines is 1. The molecule has 1 aromatic heterocycles. The van der Waals surface area contributed by atoms with E-state index in [9.17, 15) is 14.4 Å². The lowest BCUT2D eigenvalue weighted by molar-refractivity contribution is -0.120. The van der Waals surface area contributed by atoms with E-state index in [4.69, 9.17) is 4.42 Å². The van der Waals surface area contributed by atoms with Gasteiger partial charge in [0.05, 0.1) is 6.54 Å². The van der Waals surface area contributed by atoms with E-state index in [0.29, 0.717) is 17.6 Å². The summed E-state index contributed by atoms with van der Waals surface area (Å²) >= 11 is 3.11. The summed E-state index contributed by atoms with van der Waals surface area (Å²) < 4.78 is 5.56. The predicted molar refractivity (Wildman–Crippen MR) is 98.6 cm³/mol. The van der Waals surface area contributed by atoms with Crippen LogP contribution in [-0.4, -0.2) is 30.8 Å². The topological polar surface area (TPSA) is 91.7 Å². The second kappa shape index (κ2) is 8.18. The second-order valence-electron chi connectivity index (χ2n) is 5.88. The normalized spacial score (nSPS) is 13.7. The van der Waals surface area contributed by atoms with Gasteiger partial charge in [-0.05, 0) is 52.2 Å². The van der Waals surface area contributed by atoms with Crippen LogP contribution in [-0.2, 0) is 16.1 Å². The first-order chi connectivity index (χ1) is 12.5. The Morgan fingerprint density at radius 2 is 1.88 bits per heavy atom. The molecular weight excluding hydrogens is 402 g/mol. The SMILES string of the molecule is O=C(CNC(=O)c1ccc(Br)o1)NCc1ccc(N2CCCC2=O)cc1. The smallest absolute Gasteiger partial charge is 0.287 e. The summed E-state index contributed by atoms with van der Waals surface area (Å²) in [6.07, 6.45) is 1.48. The number of halogens is 1. The van der Waals surface area contributed by atoms with Gasteiger partial charge in [-0.25, -0.2) is 0 Å². The van der Waals surface area contributed by atoms with Crippen molar-refractivity contribution in [3.63, 3.8) is 0 Å². The first-order valence-corrected chi connectivity index (χ1v) is 9.02. The Labute approximate surface area is 158 Å². The third kappa shape index (κ3) is 4.51. The van der Waals surface area contributed by atoms with Gasteiger partial charge in [0.15, 0.2) is 10.4 Å². The average molecular weight is 420 g/mol. The minimum Gasteiger partial charge on any atom is -0.444 e. The number of nitrogens with zero attached hydrogens (tertiary/aromatic N) is 1. The molecule has 7 nitrogen and oxygen atoms in total. The number of carbonyl (C=O) groups is 3. The number of amides is 3. The number of hydrogen-bond acceptors (Lipinski definition) is 4. The maximum atomic E-state index is 11.9. The van der Waals surface area contributed by atoms with Crippen LogP contribution in [0.15, 0.2) is 45.5 Å². The highest BCUT2D eigenvalue weighted by atomic mass is 79.9. The van der Waals surface area contributed by atoms with Gasteiger partial charge in [0.1, 0.15) is 0 Å². The Morgan fingerprint density at radius 1 is 1.12 bits per heavy atom. The van der Waals surface area contributed by atoms with E-state index in [-0.39, 0.29) is 24.1 Å². The first-order valence-electron chi connectivity index (χ1n) is 8.22. The molecule has 0 spiro atoms. The Morgan fingerprint density at radius 3 is 2.50 bits per heavy atom. The minimum absolute atomic E-state index is 0.136. The van der Waals surface area contributed by atoms with E-state index < -0.39 is 5.91 Å². The fourth-order valence-electron chi connectivity index (χ4n) is 2.66. The number of nitrogens with one attached hydrogen (secondary N) is 2. The molecule has 26 heavy (non-hydrogen) atoms. The maximum Gasteiger partial charge on any atom is 0.287 e. The molecule has 0 aliphatic carbocycles. The molecule has 136 valence electrons. The van der Waals surface area contributed by atoms with Gasteiger partial charge in [-0.3, -0.25) is 14.4 Å². The number of furan rings is 1. The summed E-state index contributed by atoms with van der Waals surface area (Å²) in [4.78, 5) is 37.1. The molecule has 2 aromatic rings. The fraction of sp³-hybridized carbons (Fsp3) is 0.278. The first kappa shape index (κ1) is 18.2. The zero-order chi connectivity index (χ0) is 18.5. The molecule has 0 atom stereocenters. The fourth-order valence-corrected chi connectivity index (χ4v) is 2.97. The van der Waals surface area contributed by atoms with Crippen LogP contribution in [0.2, 0.25) is 0 Å². The molecule has 2 N–H and O–H groups in total. The lowest BCUT2D eigenvalue weighted by atomic mass is 10.2. The summed E-state index contributed by atoms with van der Waals surface area (Å²) in [5, 5.41) is 5.22. The van der Waals surface area contributed by atoms with Gasteiger partial charge in [0, 0.05) is 25.2 Å². The molecule has 0 bridgehead atoms. The molecule has 1 aliphatic rings. The van der Waals surface area contributed by atoms with Crippen molar-refractivity contribution in [2.75, 3.05) is 18.0 Å². The second-order valence-corrected chi connectivity index (χ2v) is 6.66. The molecule has 1 aromatic carbocycles. The number of benzene rings is 1. The molecule has 1 saturated heterocycles. The molecule has 3 rings (SSSR count). The zero-order valence-corrected chi connectivity index (χ0v) is 15.5. The van der Waals surface area contributed by atoms with Crippen LogP contribution in [0.3, 0.4) is 0 Å². The van der Waals surface area contributed by atoms with Crippen molar-refractivity contribution in [3.8, 4) is 0 Å². The maximum absolute atomic E-state index is 11.9. The Balaban J connectivity index is 1.44. The monoisotopic (exact) mass is 419 g/mol. The van der Waals surface area contributed by atoms with Crippen LogP contribution in [0, 0.1) is 0 Å². The molecule has 8 heteroatoms. The van der Waals surface area contributed by atoms with Gasteiger partial charge in [-0.15, -0.1) is 0 Å². The van der Waals surface area contributed by atoms with Crippen molar-refractivity contribution in [3.05, 3.63) is 52.4 Å². The van der Waals surface area contributed by atoms with Crippen LogP contribution >= 0.6 is 15.9 Å². The Hall–Kier alpha value is -2.61. The molecule has 0 saturated carbocycles. The highest BCUT2D eigenvalue weighted by Gasteiger charge is 2.21. The van der Waals surface area contributed by atoms with Crippen LogP contribution < -0.4 is 15.5 Å². The van der Waals surface area contributed by atoms with Gasteiger partial charge >= 0.3 is 0 Å². The molecule has 0 unspecified atom stereocenters. The van der Waals surface area contributed by atoms with E-state index in [2.05, 4.69) is 26.6 Å². The molecule has 0 radical (unpaired) electrons. The van der Waals surface area contributed by atoms with Crippen LogP contribution in [0.4, 0.5) is 5.69 Å². The molecular formula is C18H18BrN3O4. The summed E-state index contributed by atoms with van der Waals surface area (Å²) in [5.41, 5.74) is 1.79. The third-order valence-electron chi connectivity index (χ3n) is 4.02. The van der Waals surface area contributed by atoms with Crippen LogP contribution in [0.25, 0.3) is 0 Å². The Bertz CT molecular complexity index is 816. The average Bonchev–Trinajstić information content (AvgIpc) is 3.26. The van der Waals surface area contributed by atoms with Gasteiger partial charge in [-0.2, -0.15) is 0 Å². The number of hydrogen-bond donors (Lipinski definition) is 2. The summed E-state index contributed by atoms with van der Waals surface area (Å²) in [5.74, 6) is -0.477. The summed E-state index contributed by atoms with van der Waals surface area (Å²) in [6.45, 7) is 0.952. The van der Waals surface area contributed by atoms with Crippen molar-refractivity contribution < 1.29 is 18.8 Å². The zero-order valence-electron chi connectivity index (χ0n) is 14.0. The van der Waals surface area contributed by atoms with Crippen molar-refractivity contribution >= 4 is 39.3 Å². The molecule has 1 aliphatic heterocycles. The largest absolute Gasteiger partial charge is 0.444 e. The van der Waals surface area contributed by atoms with E-state index in [0.717, 1.165) is 24.2 Å². The standard InChI is InChI=1S/C18H18BrN3O4/c19-15-8-7-14(26-15)18(25)21-11-16(23)20-10-12-3-5-13(6-4-12)22-9-1-2-17(22)24/h3-8H,1-2,9-11H2,(H,20,23)(H,21,25). The van der Waals surface area contributed by atoms with E-state index >= 15 is 0 Å². The van der Waals surface area contributed by atoms with E-state index in [1.807, 2.05) is 24.3 Å². The minimum atomic E-state index is -0.453. The van der Waals surface area contributed by atoms with E-state index in [1.165, 1.54) is 6.07 Å². The highest BCUT2D eigenvalue weighted by molar-refractivity contribution is 9.10. The van der Waals surface area contributed by atoms with Crippen molar-refractivity contribution in [2.45, 2.75) is 19.4 Å². The highest BCUT2D eigenvalue weighted by Crippen LogP contribution is 2.21.